The Morgan fingerprint density at radius 3 is 2.79 bits per heavy atom. The molecule has 2 aromatic heterocycles. The molecule has 1 amide bonds. The molecule has 0 aliphatic heterocycles. The van der Waals surface area contributed by atoms with E-state index in [2.05, 4.69) is 15.5 Å². The minimum atomic E-state index is 0.00856. The number of carbonyl (C=O) groups excluding carboxylic acids is 1. The van der Waals surface area contributed by atoms with Gasteiger partial charge in [-0.3, -0.25) is 14.2 Å². The second-order valence-corrected chi connectivity index (χ2v) is 6.56. The van der Waals surface area contributed by atoms with E-state index in [1.54, 1.807) is 10.9 Å². The Labute approximate surface area is 142 Å². The minimum absolute atomic E-state index is 0.00856. The predicted molar refractivity (Wildman–Crippen MR) is 89.8 cm³/mol. The van der Waals surface area contributed by atoms with Crippen molar-refractivity contribution in [2.75, 3.05) is 0 Å². The van der Waals surface area contributed by atoms with Gasteiger partial charge >= 0.3 is 0 Å². The lowest BCUT2D eigenvalue weighted by molar-refractivity contribution is -0.121. The zero-order valence-corrected chi connectivity index (χ0v) is 14.7. The predicted octanol–water partition coefficient (Wildman–Crippen LogP) is 1.43. The number of aryl methyl sites for hydroxylation is 3. The maximum absolute atomic E-state index is 12.5. The highest BCUT2D eigenvalue weighted by Crippen LogP contribution is 2.24. The summed E-state index contributed by atoms with van der Waals surface area (Å²) >= 11 is 0. The number of carbonyl (C=O) groups is 1. The molecule has 0 saturated heterocycles. The Kier molecular flexibility index (Phi) is 4.59. The summed E-state index contributed by atoms with van der Waals surface area (Å²) in [6.45, 7) is 3.94. The first-order valence-corrected chi connectivity index (χ1v) is 8.37. The molecule has 0 bridgehead atoms. The van der Waals surface area contributed by atoms with Gasteiger partial charge in [0.15, 0.2) is 5.75 Å². The molecule has 1 fully saturated rings. The molecule has 0 radical (unpaired) electrons. The Bertz CT molecular complexity index is 733. The maximum atomic E-state index is 12.5. The summed E-state index contributed by atoms with van der Waals surface area (Å²) in [6.07, 6.45) is 6.88. The number of aromatic nitrogens is 4. The molecule has 1 saturated carbocycles. The van der Waals surface area contributed by atoms with Crippen LogP contribution in [-0.2, 0) is 25.3 Å². The fraction of sp³-hybridized carbons (Fsp3) is 0.588. The molecule has 2 aromatic rings. The quantitative estimate of drug-likeness (QED) is 0.899. The third-order valence-corrected chi connectivity index (χ3v) is 4.76. The van der Waals surface area contributed by atoms with Crippen molar-refractivity contribution in [1.29, 1.82) is 0 Å². The summed E-state index contributed by atoms with van der Waals surface area (Å²) in [6, 6.07) is 0.0509. The first-order valence-electron chi connectivity index (χ1n) is 8.37. The normalized spacial score (nSPS) is 20.3. The van der Waals surface area contributed by atoms with Gasteiger partial charge < -0.3 is 10.1 Å². The van der Waals surface area contributed by atoms with Gasteiger partial charge in [-0.05, 0) is 33.1 Å². The first-order chi connectivity index (χ1) is 11.4. The number of amides is 1. The molecule has 130 valence electrons. The Morgan fingerprint density at radius 1 is 1.38 bits per heavy atom. The molecule has 3 rings (SSSR count). The molecule has 1 aliphatic carbocycles. The molecule has 24 heavy (non-hydrogen) atoms. The average molecular weight is 331 g/mol. The van der Waals surface area contributed by atoms with Crippen LogP contribution >= 0.6 is 0 Å². The molecule has 0 aromatic carbocycles. The number of nitrogens with zero attached hydrogens (tertiary/aromatic N) is 4. The topological polar surface area (TPSA) is 74.0 Å². The zero-order valence-electron chi connectivity index (χ0n) is 14.7. The molecule has 2 heterocycles. The summed E-state index contributed by atoms with van der Waals surface area (Å²) in [7, 11) is 3.76. The van der Waals surface area contributed by atoms with Crippen molar-refractivity contribution in [3.63, 3.8) is 0 Å². The lowest BCUT2D eigenvalue weighted by atomic mass is 10.1. The summed E-state index contributed by atoms with van der Waals surface area (Å²) in [4.78, 5) is 12.5. The van der Waals surface area contributed by atoms with Crippen LogP contribution in [0.4, 0.5) is 0 Å². The fourth-order valence-corrected chi connectivity index (χ4v) is 3.36. The van der Waals surface area contributed by atoms with Gasteiger partial charge in [0.05, 0.1) is 30.6 Å². The molecule has 1 aliphatic rings. The van der Waals surface area contributed by atoms with E-state index in [4.69, 9.17) is 4.74 Å². The van der Waals surface area contributed by atoms with Gasteiger partial charge in [0.25, 0.3) is 0 Å². The van der Waals surface area contributed by atoms with Crippen molar-refractivity contribution in [1.82, 2.24) is 24.9 Å². The average Bonchev–Trinajstić information content (AvgIpc) is 3.18. The minimum Gasteiger partial charge on any atom is -0.485 e. The molecule has 0 unspecified atom stereocenters. The van der Waals surface area contributed by atoms with E-state index >= 15 is 0 Å². The molecule has 1 N–H and O–H groups in total. The smallest absolute Gasteiger partial charge is 0.224 e. The summed E-state index contributed by atoms with van der Waals surface area (Å²) in [5, 5.41) is 11.6. The fourth-order valence-electron chi connectivity index (χ4n) is 3.36. The van der Waals surface area contributed by atoms with Crippen molar-refractivity contribution in [3.05, 3.63) is 29.3 Å². The summed E-state index contributed by atoms with van der Waals surface area (Å²) < 4.78 is 9.53. The van der Waals surface area contributed by atoms with E-state index in [1.165, 1.54) is 0 Å². The largest absolute Gasteiger partial charge is 0.485 e. The number of rotatable bonds is 5. The van der Waals surface area contributed by atoms with Crippen LogP contribution in [0.5, 0.6) is 5.75 Å². The van der Waals surface area contributed by atoms with E-state index in [-0.39, 0.29) is 18.1 Å². The molecular formula is C17H25N5O2. The highest BCUT2D eigenvalue weighted by molar-refractivity contribution is 5.79. The highest BCUT2D eigenvalue weighted by atomic mass is 16.5. The molecule has 7 nitrogen and oxygen atoms in total. The van der Waals surface area contributed by atoms with Crippen molar-refractivity contribution in [2.45, 2.75) is 51.7 Å². The van der Waals surface area contributed by atoms with Gasteiger partial charge in [-0.2, -0.15) is 10.2 Å². The maximum Gasteiger partial charge on any atom is 0.224 e. The number of hydrogen-bond acceptors (Lipinski definition) is 4. The Balaban J connectivity index is 1.60. The van der Waals surface area contributed by atoms with Crippen LogP contribution in [0.15, 0.2) is 12.4 Å². The molecular weight excluding hydrogens is 306 g/mol. The van der Waals surface area contributed by atoms with Crippen molar-refractivity contribution >= 4 is 5.91 Å². The van der Waals surface area contributed by atoms with Gasteiger partial charge in [-0.1, -0.05) is 0 Å². The summed E-state index contributed by atoms with van der Waals surface area (Å²) in [5.74, 6) is 0.781. The lowest BCUT2D eigenvalue weighted by Gasteiger charge is -2.21. The monoisotopic (exact) mass is 331 g/mol. The SMILES string of the molecule is Cc1nn(C)c(C)c1CC(=O)N[C@H]1CCC[C@H]1Oc1cnn(C)c1. The van der Waals surface area contributed by atoms with Crippen molar-refractivity contribution < 1.29 is 9.53 Å². The van der Waals surface area contributed by atoms with Crippen LogP contribution in [0, 0.1) is 13.8 Å². The van der Waals surface area contributed by atoms with E-state index < -0.39 is 0 Å². The zero-order chi connectivity index (χ0) is 17.3. The summed E-state index contributed by atoms with van der Waals surface area (Å²) in [5.41, 5.74) is 2.97. The van der Waals surface area contributed by atoms with Gasteiger partial charge in [0.1, 0.15) is 6.10 Å². The van der Waals surface area contributed by atoms with Gasteiger partial charge in [0, 0.05) is 25.4 Å². The van der Waals surface area contributed by atoms with E-state index in [0.717, 1.165) is 42.0 Å². The van der Waals surface area contributed by atoms with E-state index in [0.29, 0.717) is 6.42 Å². The van der Waals surface area contributed by atoms with Gasteiger partial charge in [-0.25, -0.2) is 0 Å². The Morgan fingerprint density at radius 2 is 2.17 bits per heavy atom. The van der Waals surface area contributed by atoms with Gasteiger partial charge in [-0.15, -0.1) is 0 Å². The van der Waals surface area contributed by atoms with E-state index in [1.807, 2.05) is 38.8 Å². The first kappa shape index (κ1) is 16.5. The van der Waals surface area contributed by atoms with E-state index in [9.17, 15) is 4.79 Å². The van der Waals surface area contributed by atoms with Crippen LogP contribution in [0.3, 0.4) is 0 Å². The van der Waals surface area contributed by atoms with Crippen LogP contribution in [0.25, 0.3) is 0 Å². The number of hydrogen-bond donors (Lipinski definition) is 1. The second kappa shape index (κ2) is 6.67. The van der Waals surface area contributed by atoms with Crippen LogP contribution in [0.1, 0.15) is 36.2 Å². The standard InChI is InChI=1S/C17H25N5O2/c1-11-14(12(2)22(4)20-11)8-17(23)19-15-6-5-7-16(15)24-13-9-18-21(3)10-13/h9-10,15-16H,5-8H2,1-4H3,(H,19,23)/t15-,16+/m0/s1. The van der Waals surface area contributed by atoms with Crippen LogP contribution < -0.4 is 10.1 Å². The second-order valence-electron chi connectivity index (χ2n) is 6.56. The number of nitrogens with one attached hydrogen (secondary N) is 1. The highest BCUT2D eigenvalue weighted by Gasteiger charge is 2.31. The lowest BCUT2D eigenvalue weighted by Crippen LogP contribution is -2.43. The molecule has 2 atom stereocenters. The third kappa shape index (κ3) is 3.44. The van der Waals surface area contributed by atoms with Crippen molar-refractivity contribution in [2.24, 2.45) is 14.1 Å². The van der Waals surface area contributed by atoms with Crippen LogP contribution in [-0.4, -0.2) is 37.6 Å². The number of ether oxygens (including phenoxy) is 1. The Hall–Kier alpha value is -2.31. The molecule has 7 heteroatoms. The van der Waals surface area contributed by atoms with Crippen LogP contribution in [0.2, 0.25) is 0 Å². The molecule has 0 spiro atoms. The van der Waals surface area contributed by atoms with Gasteiger partial charge in [0.2, 0.25) is 5.91 Å². The third-order valence-electron chi connectivity index (χ3n) is 4.76. The van der Waals surface area contributed by atoms with Crippen molar-refractivity contribution in [3.8, 4) is 5.75 Å².